The largest absolute Gasteiger partial charge is 0.491 e. The Hall–Kier alpha value is 0.250. The van der Waals surface area contributed by atoms with E-state index in [1.54, 1.807) is 6.92 Å². The van der Waals surface area contributed by atoms with Gasteiger partial charge < -0.3 is 4.89 Å². The van der Waals surface area contributed by atoms with Gasteiger partial charge in [0.15, 0.2) is 7.37 Å². The average Bonchev–Trinajstić information content (AvgIpc) is 2.03. The molecule has 0 bridgehead atoms. The van der Waals surface area contributed by atoms with Crippen LogP contribution in [0.15, 0.2) is 0 Å². The van der Waals surface area contributed by atoms with Gasteiger partial charge in [0.1, 0.15) is 0 Å². The van der Waals surface area contributed by atoms with Crippen LogP contribution >= 0.6 is 16.1 Å². The molecule has 6 heteroatoms. The van der Waals surface area contributed by atoms with E-state index in [1.807, 2.05) is 6.92 Å². The van der Waals surface area contributed by atoms with Gasteiger partial charge in [-0.25, -0.2) is 0 Å². The third kappa shape index (κ3) is 12.9. The number of rotatable bonds is 4. The van der Waals surface area contributed by atoms with Crippen LogP contribution in [-0.4, -0.2) is 22.1 Å². The van der Waals surface area contributed by atoms with Crippen LogP contribution in [0.1, 0.15) is 26.7 Å². The lowest BCUT2D eigenvalue weighted by molar-refractivity contribution is 0.477. The maximum Gasteiger partial charge on any atom is 0.491 e. The van der Waals surface area contributed by atoms with Crippen LogP contribution < -0.4 is 0 Å². The van der Waals surface area contributed by atoms with Crippen molar-refractivity contribution in [3.8, 4) is 0 Å². The van der Waals surface area contributed by atoms with Crippen molar-refractivity contribution in [2.24, 2.45) is 0 Å². The van der Waals surface area contributed by atoms with Crippen molar-refractivity contribution in [3.63, 3.8) is 0 Å². The van der Waals surface area contributed by atoms with E-state index in [0.717, 1.165) is 12.8 Å². The standard InChI is InChI=1S/C6H15O2P.HO2P/c1-3-5-6-9(7,8)4-2;1-3-2/h3-6H2,1-2H3,(H,7,8);3H/p+1. The first-order valence-corrected chi connectivity index (χ1v) is 6.74. The molecule has 0 saturated heterocycles. The third-order valence-electron chi connectivity index (χ3n) is 1.36. The molecule has 0 amide bonds. The molecule has 0 saturated carbocycles. The van der Waals surface area contributed by atoms with E-state index in [-0.39, 0.29) is 0 Å². The van der Waals surface area contributed by atoms with Gasteiger partial charge in [0.25, 0.3) is 0 Å². The molecule has 0 heterocycles. The fourth-order valence-corrected chi connectivity index (χ4v) is 1.69. The van der Waals surface area contributed by atoms with E-state index < -0.39 is 16.1 Å². The average molecular weight is 215 g/mol. The van der Waals surface area contributed by atoms with Crippen LogP contribution in [0.5, 0.6) is 0 Å². The molecule has 2 atom stereocenters. The van der Waals surface area contributed by atoms with Gasteiger partial charge in [-0.15, -0.1) is 0 Å². The minimum absolute atomic E-state index is 0.424. The first-order valence-electron chi connectivity index (χ1n) is 3.86. The fraction of sp³-hybridized carbons (Fsp3) is 1.00. The van der Waals surface area contributed by atoms with Crippen LogP contribution in [0.2, 0.25) is 0 Å². The van der Waals surface area contributed by atoms with Crippen LogP contribution in [-0.2, 0) is 9.13 Å². The Morgan fingerprint density at radius 3 is 2.08 bits per heavy atom. The topological polar surface area (TPSA) is 74.6 Å². The summed E-state index contributed by atoms with van der Waals surface area (Å²) in [6.07, 6.45) is 2.80. The molecule has 0 aromatic heterocycles. The molecule has 0 aromatic carbocycles. The molecule has 12 heavy (non-hydrogen) atoms. The SMILES string of the molecule is CCCCP(=O)(O)CC.O=[PH+]O. The molecule has 0 aliphatic carbocycles. The summed E-state index contributed by atoms with van der Waals surface area (Å²) < 4.78 is 19.4. The zero-order valence-electron chi connectivity index (χ0n) is 7.49. The van der Waals surface area contributed by atoms with Crippen molar-refractivity contribution in [3.05, 3.63) is 0 Å². The maximum atomic E-state index is 10.9. The van der Waals surface area contributed by atoms with Gasteiger partial charge >= 0.3 is 8.69 Å². The molecule has 2 unspecified atom stereocenters. The normalized spacial score (nSPS) is 14.7. The Morgan fingerprint density at radius 2 is 1.83 bits per heavy atom. The third-order valence-corrected chi connectivity index (χ3v) is 3.36. The molecule has 2 N–H and O–H groups in total. The van der Waals surface area contributed by atoms with Crippen LogP contribution in [0.3, 0.4) is 0 Å². The van der Waals surface area contributed by atoms with E-state index in [9.17, 15) is 4.57 Å². The summed E-state index contributed by atoms with van der Waals surface area (Å²) in [5.41, 5.74) is 0. The number of unbranched alkanes of at least 4 members (excludes halogenated alkanes) is 1. The van der Waals surface area contributed by atoms with Crippen LogP contribution in [0.4, 0.5) is 0 Å². The van der Waals surface area contributed by atoms with Gasteiger partial charge in [0.05, 0.1) is 0 Å². The van der Waals surface area contributed by atoms with Crippen molar-refractivity contribution in [1.82, 2.24) is 0 Å². The lowest BCUT2D eigenvalue weighted by atomic mass is 10.4. The van der Waals surface area contributed by atoms with Crippen molar-refractivity contribution in [2.75, 3.05) is 12.3 Å². The van der Waals surface area contributed by atoms with Gasteiger partial charge in [-0.3, -0.25) is 4.57 Å². The summed E-state index contributed by atoms with van der Waals surface area (Å²) >= 11 is 0. The highest BCUT2D eigenvalue weighted by atomic mass is 31.2. The Balaban J connectivity index is 0. The highest BCUT2D eigenvalue weighted by Gasteiger charge is 2.12. The smallest absolute Gasteiger partial charge is 0.344 e. The molecular weight excluding hydrogens is 198 g/mol. The van der Waals surface area contributed by atoms with Gasteiger partial charge in [0, 0.05) is 12.3 Å². The first kappa shape index (κ1) is 14.8. The number of hydrogen-bond donors (Lipinski definition) is 2. The summed E-state index contributed by atoms with van der Waals surface area (Å²) in [7, 11) is -3.86. The zero-order valence-corrected chi connectivity index (χ0v) is 9.38. The van der Waals surface area contributed by atoms with Gasteiger partial charge in [-0.1, -0.05) is 20.3 Å². The van der Waals surface area contributed by atoms with E-state index in [4.69, 9.17) is 14.4 Å². The minimum Gasteiger partial charge on any atom is -0.344 e. The molecule has 0 spiro atoms. The van der Waals surface area contributed by atoms with Crippen molar-refractivity contribution >= 4 is 16.1 Å². The Labute approximate surface area is 74.7 Å². The Bertz CT molecular complexity index is 148. The molecular formula is C6H17O4P2+. The summed E-state index contributed by atoms with van der Waals surface area (Å²) in [6.45, 7) is 3.78. The summed E-state index contributed by atoms with van der Waals surface area (Å²) in [5.74, 6) is 0. The first-order chi connectivity index (χ1) is 5.54. The van der Waals surface area contributed by atoms with E-state index in [0.29, 0.717) is 12.3 Å². The van der Waals surface area contributed by atoms with Gasteiger partial charge in [-0.05, 0) is 11.0 Å². The van der Waals surface area contributed by atoms with Crippen molar-refractivity contribution in [1.29, 1.82) is 0 Å². The minimum atomic E-state index is -2.69. The summed E-state index contributed by atoms with van der Waals surface area (Å²) in [5, 5.41) is 0. The second-order valence-electron chi connectivity index (χ2n) is 2.33. The second kappa shape index (κ2) is 9.34. The molecule has 0 rings (SSSR count). The molecule has 0 aliphatic rings. The lowest BCUT2D eigenvalue weighted by Gasteiger charge is -2.05. The van der Waals surface area contributed by atoms with Crippen molar-refractivity contribution < 1.29 is 18.9 Å². The highest BCUT2D eigenvalue weighted by molar-refractivity contribution is 7.57. The summed E-state index contributed by atoms with van der Waals surface area (Å²) in [6, 6.07) is 0. The van der Waals surface area contributed by atoms with Gasteiger partial charge in [-0.2, -0.15) is 4.89 Å². The second-order valence-corrected chi connectivity index (χ2v) is 5.29. The van der Waals surface area contributed by atoms with Gasteiger partial charge in [0.2, 0.25) is 0 Å². The molecule has 0 fully saturated rings. The van der Waals surface area contributed by atoms with Crippen LogP contribution in [0.25, 0.3) is 0 Å². The predicted octanol–water partition coefficient (Wildman–Crippen LogP) is 1.99. The predicted molar refractivity (Wildman–Crippen MR) is 51.4 cm³/mol. The Kier molecular flexibility index (Phi) is 11.5. The highest BCUT2D eigenvalue weighted by Crippen LogP contribution is 2.40. The zero-order chi connectivity index (χ0) is 10.0. The van der Waals surface area contributed by atoms with E-state index >= 15 is 0 Å². The molecule has 4 nitrogen and oxygen atoms in total. The summed E-state index contributed by atoms with van der Waals surface area (Å²) in [4.78, 5) is 16.1. The molecule has 0 radical (unpaired) electrons. The maximum absolute atomic E-state index is 10.9. The van der Waals surface area contributed by atoms with Crippen molar-refractivity contribution in [2.45, 2.75) is 26.7 Å². The van der Waals surface area contributed by atoms with E-state index in [1.165, 1.54) is 0 Å². The lowest BCUT2D eigenvalue weighted by Crippen LogP contribution is -1.90. The quantitative estimate of drug-likeness (QED) is 0.703. The fourth-order valence-electron chi connectivity index (χ4n) is 0.563. The molecule has 74 valence electrons. The van der Waals surface area contributed by atoms with Crippen LogP contribution in [0, 0.1) is 0 Å². The molecule has 0 aliphatic heterocycles. The Morgan fingerprint density at radius 1 is 1.42 bits per heavy atom. The van der Waals surface area contributed by atoms with E-state index in [2.05, 4.69) is 0 Å². The molecule has 0 aromatic rings. The number of hydrogen-bond acceptors (Lipinski definition) is 2. The monoisotopic (exact) mass is 215 g/mol.